The Hall–Kier alpha value is -0.610. The number of halogens is 1. The van der Waals surface area contributed by atoms with Crippen LogP contribution in [0.3, 0.4) is 0 Å². The quantitative estimate of drug-likeness (QED) is 0.841. The summed E-state index contributed by atoms with van der Waals surface area (Å²) in [6.45, 7) is 0. The molecule has 0 radical (unpaired) electrons. The lowest BCUT2D eigenvalue weighted by molar-refractivity contribution is 0.00668. The summed E-state index contributed by atoms with van der Waals surface area (Å²) in [5.74, 6) is 0.726. The molecule has 1 saturated carbocycles. The van der Waals surface area contributed by atoms with E-state index in [1.807, 2.05) is 12.1 Å². The molecule has 1 fully saturated rings. The van der Waals surface area contributed by atoms with Gasteiger partial charge in [0, 0.05) is 0 Å². The normalized spacial score (nSPS) is 26.3. The monoisotopic (exact) mass is 271 g/mol. The molecular formula is C11H14BrNO2. The van der Waals surface area contributed by atoms with Crippen molar-refractivity contribution in [2.24, 2.45) is 0 Å². The molecule has 0 aliphatic heterocycles. The molecule has 0 amide bonds. The summed E-state index contributed by atoms with van der Waals surface area (Å²) in [6.07, 6.45) is 5.27. The van der Waals surface area contributed by atoms with Crippen LogP contribution in [0.15, 0.2) is 22.9 Å². The number of nitrogens with zero attached hydrogens (tertiary/aromatic N) is 1. The molecule has 1 aromatic rings. The highest BCUT2D eigenvalue weighted by Gasteiger charge is 2.24. The van der Waals surface area contributed by atoms with Crippen molar-refractivity contribution in [3.63, 3.8) is 0 Å². The molecule has 82 valence electrons. The number of hydrogen-bond acceptors (Lipinski definition) is 3. The summed E-state index contributed by atoms with van der Waals surface area (Å²) < 4.78 is 6.48. The highest BCUT2D eigenvalue weighted by molar-refractivity contribution is 9.10. The minimum absolute atomic E-state index is 0.0678. The largest absolute Gasteiger partial charge is 0.486 e. The van der Waals surface area contributed by atoms with Crippen LogP contribution in [0.5, 0.6) is 5.75 Å². The van der Waals surface area contributed by atoms with Gasteiger partial charge in [-0.1, -0.05) is 6.42 Å². The second-order valence-electron chi connectivity index (χ2n) is 3.82. The molecule has 1 heterocycles. The molecule has 0 bridgehead atoms. The van der Waals surface area contributed by atoms with E-state index >= 15 is 0 Å². The van der Waals surface area contributed by atoms with Crippen molar-refractivity contribution in [3.8, 4) is 5.75 Å². The zero-order chi connectivity index (χ0) is 10.7. The maximum Gasteiger partial charge on any atom is 0.138 e. The first-order chi connectivity index (χ1) is 7.25. The van der Waals surface area contributed by atoms with Crippen molar-refractivity contribution in [2.75, 3.05) is 0 Å². The number of ether oxygens (including phenoxy) is 1. The lowest BCUT2D eigenvalue weighted by Crippen LogP contribution is -2.34. The van der Waals surface area contributed by atoms with E-state index in [1.165, 1.54) is 0 Å². The molecular weight excluding hydrogens is 258 g/mol. The molecule has 0 unspecified atom stereocenters. The van der Waals surface area contributed by atoms with Crippen molar-refractivity contribution in [1.82, 2.24) is 4.98 Å². The number of aromatic nitrogens is 1. The van der Waals surface area contributed by atoms with Crippen molar-refractivity contribution in [1.29, 1.82) is 0 Å². The summed E-state index contributed by atoms with van der Waals surface area (Å²) in [7, 11) is 0. The molecule has 0 saturated heterocycles. The van der Waals surface area contributed by atoms with E-state index in [0.29, 0.717) is 0 Å². The van der Waals surface area contributed by atoms with E-state index < -0.39 is 0 Å². The lowest BCUT2D eigenvalue weighted by Gasteiger charge is -2.27. The fourth-order valence-corrected chi connectivity index (χ4v) is 2.06. The molecule has 1 aliphatic rings. The number of hydrogen-bond donors (Lipinski definition) is 1. The van der Waals surface area contributed by atoms with Crippen molar-refractivity contribution >= 4 is 15.9 Å². The Morgan fingerprint density at radius 1 is 1.33 bits per heavy atom. The number of rotatable bonds is 2. The number of aliphatic hydroxyl groups excluding tert-OH is 1. The van der Waals surface area contributed by atoms with Crippen LogP contribution in [0.2, 0.25) is 0 Å². The third kappa shape index (κ3) is 2.92. The van der Waals surface area contributed by atoms with E-state index in [1.54, 1.807) is 6.20 Å². The minimum atomic E-state index is -0.331. The Kier molecular flexibility index (Phi) is 3.59. The Labute approximate surface area is 97.6 Å². The van der Waals surface area contributed by atoms with E-state index in [2.05, 4.69) is 20.9 Å². The summed E-state index contributed by atoms with van der Waals surface area (Å²) >= 11 is 3.27. The second kappa shape index (κ2) is 4.94. The van der Waals surface area contributed by atoms with Gasteiger partial charge in [0.1, 0.15) is 16.5 Å². The average Bonchev–Trinajstić information content (AvgIpc) is 2.25. The van der Waals surface area contributed by atoms with Gasteiger partial charge in [-0.2, -0.15) is 0 Å². The molecule has 1 aliphatic carbocycles. The summed E-state index contributed by atoms with van der Waals surface area (Å²) in [6, 6.07) is 3.70. The van der Waals surface area contributed by atoms with E-state index in [9.17, 15) is 5.11 Å². The van der Waals surface area contributed by atoms with Crippen molar-refractivity contribution in [2.45, 2.75) is 37.9 Å². The van der Waals surface area contributed by atoms with Gasteiger partial charge >= 0.3 is 0 Å². The summed E-state index contributed by atoms with van der Waals surface area (Å²) in [4.78, 5) is 4.08. The van der Waals surface area contributed by atoms with Gasteiger partial charge in [-0.25, -0.2) is 4.98 Å². The second-order valence-corrected chi connectivity index (χ2v) is 4.64. The van der Waals surface area contributed by atoms with E-state index in [0.717, 1.165) is 36.0 Å². The summed E-state index contributed by atoms with van der Waals surface area (Å²) in [5, 5.41) is 9.73. The molecule has 4 heteroatoms. The fourth-order valence-electron chi connectivity index (χ4n) is 1.82. The third-order valence-electron chi connectivity index (χ3n) is 2.66. The zero-order valence-electron chi connectivity index (χ0n) is 8.40. The smallest absolute Gasteiger partial charge is 0.138 e. The van der Waals surface area contributed by atoms with Gasteiger partial charge in [0.25, 0.3) is 0 Å². The molecule has 1 N–H and O–H groups in total. The SMILES string of the molecule is O[C@H]1CCCC[C@@H]1Oc1ccc(Br)nc1. The van der Waals surface area contributed by atoms with Gasteiger partial charge in [-0.3, -0.25) is 0 Å². The predicted molar refractivity (Wildman–Crippen MR) is 60.8 cm³/mol. The maximum atomic E-state index is 9.73. The Morgan fingerprint density at radius 2 is 2.13 bits per heavy atom. The van der Waals surface area contributed by atoms with Crippen LogP contribution in [0.4, 0.5) is 0 Å². The lowest BCUT2D eigenvalue weighted by atomic mass is 9.95. The molecule has 3 nitrogen and oxygen atoms in total. The van der Waals surface area contributed by atoms with Gasteiger partial charge in [0.2, 0.25) is 0 Å². The van der Waals surface area contributed by atoms with Crippen molar-refractivity contribution < 1.29 is 9.84 Å². The van der Waals surface area contributed by atoms with Gasteiger partial charge in [-0.15, -0.1) is 0 Å². The Bertz CT molecular complexity index is 315. The van der Waals surface area contributed by atoms with Gasteiger partial charge < -0.3 is 9.84 Å². The van der Waals surface area contributed by atoms with Crippen molar-refractivity contribution in [3.05, 3.63) is 22.9 Å². The topological polar surface area (TPSA) is 42.4 Å². The van der Waals surface area contributed by atoms with E-state index in [-0.39, 0.29) is 12.2 Å². The average molecular weight is 272 g/mol. The van der Waals surface area contributed by atoms with Gasteiger partial charge in [0.15, 0.2) is 0 Å². The molecule has 0 spiro atoms. The van der Waals surface area contributed by atoms with Crippen LogP contribution >= 0.6 is 15.9 Å². The zero-order valence-corrected chi connectivity index (χ0v) is 9.98. The van der Waals surface area contributed by atoms with Crippen LogP contribution < -0.4 is 4.74 Å². The van der Waals surface area contributed by atoms with Gasteiger partial charge in [0.05, 0.1) is 12.3 Å². The van der Waals surface area contributed by atoms with Crippen LogP contribution in [0, 0.1) is 0 Å². The standard InChI is InChI=1S/C11H14BrNO2/c12-11-6-5-8(7-13-11)15-10-4-2-1-3-9(10)14/h5-7,9-10,14H,1-4H2/t9-,10-/m0/s1. The predicted octanol–water partition coefficient (Wildman–Crippen LogP) is 2.53. The summed E-state index contributed by atoms with van der Waals surface area (Å²) in [5.41, 5.74) is 0. The molecule has 1 aromatic heterocycles. The Balaban J connectivity index is 1.98. The number of aliphatic hydroxyl groups is 1. The van der Waals surface area contributed by atoms with Crippen LogP contribution in [0.25, 0.3) is 0 Å². The first kappa shape index (κ1) is 10.9. The van der Waals surface area contributed by atoms with E-state index in [4.69, 9.17) is 4.74 Å². The molecule has 15 heavy (non-hydrogen) atoms. The Morgan fingerprint density at radius 3 is 2.80 bits per heavy atom. The number of pyridine rings is 1. The van der Waals surface area contributed by atoms with Crippen LogP contribution in [-0.2, 0) is 0 Å². The van der Waals surface area contributed by atoms with Crippen LogP contribution in [0.1, 0.15) is 25.7 Å². The third-order valence-corrected chi connectivity index (χ3v) is 3.12. The highest BCUT2D eigenvalue weighted by atomic mass is 79.9. The molecule has 0 aromatic carbocycles. The fraction of sp³-hybridized carbons (Fsp3) is 0.545. The van der Waals surface area contributed by atoms with Crippen LogP contribution in [-0.4, -0.2) is 22.3 Å². The minimum Gasteiger partial charge on any atom is -0.486 e. The van der Waals surface area contributed by atoms with Gasteiger partial charge in [-0.05, 0) is 47.3 Å². The first-order valence-corrected chi connectivity index (χ1v) is 6.01. The molecule has 2 atom stereocenters. The first-order valence-electron chi connectivity index (χ1n) is 5.22. The molecule has 2 rings (SSSR count). The maximum absolute atomic E-state index is 9.73. The highest BCUT2D eigenvalue weighted by Crippen LogP contribution is 2.23.